The molecule has 0 saturated carbocycles. The van der Waals surface area contributed by atoms with Crippen molar-refractivity contribution in [1.82, 2.24) is 10.2 Å². The SMILES string of the molecule is CCC[C@@H](NC(=O)OCC1c2ccccc2-c2ccccc21)C(=O)N1C(C(=O)O)C[C@@H]2OCC[C@@H]21. The first-order chi connectivity index (χ1) is 17.0. The number of carboxylic acids is 1. The molecular weight excluding hydrogens is 448 g/mol. The molecule has 2 amide bonds. The van der Waals surface area contributed by atoms with E-state index in [1.54, 1.807) is 0 Å². The number of alkyl carbamates (subject to hydrolysis) is 1. The van der Waals surface area contributed by atoms with E-state index in [0.717, 1.165) is 22.3 Å². The smallest absolute Gasteiger partial charge is 0.407 e. The molecule has 1 aliphatic carbocycles. The molecule has 2 aromatic carbocycles. The molecule has 8 heteroatoms. The van der Waals surface area contributed by atoms with E-state index in [9.17, 15) is 19.5 Å². The minimum absolute atomic E-state index is 0.0835. The molecule has 5 rings (SSSR count). The van der Waals surface area contributed by atoms with Gasteiger partial charge in [0.1, 0.15) is 18.7 Å². The molecule has 2 aliphatic heterocycles. The average molecular weight is 479 g/mol. The maximum atomic E-state index is 13.5. The largest absolute Gasteiger partial charge is 0.480 e. The lowest BCUT2D eigenvalue weighted by Crippen LogP contribution is -2.54. The molecule has 2 aromatic rings. The number of amides is 2. The van der Waals surface area contributed by atoms with Crippen LogP contribution in [0.3, 0.4) is 0 Å². The van der Waals surface area contributed by atoms with Gasteiger partial charge >= 0.3 is 12.1 Å². The molecule has 2 N–H and O–H groups in total. The van der Waals surface area contributed by atoms with E-state index in [1.165, 1.54) is 4.90 Å². The van der Waals surface area contributed by atoms with Gasteiger partial charge in [-0.15, -0.1) is 0 Å². The molecule has 2 fully saturated rings. The first kappa shape index (κ1) is 23.4. The molecule has 35 heavy (non-hydrogen) atoms. The summed E-state index contributed by atoms with van der Waals surface area (Å²) in [4.78, 5) is 39.5. The second-order valence-corrected chi connectivity index (χ2v) is 9.41. The Hall–Kier alpha value is -3.39. The van der Waals surface area contributed by atoms with Gasteiger partial charge < -0.3 is 24.8 Å². The van der Waals surface area contributed by atoms with Crippen molar-refractivity contribution in [3.8, 4) is 11.1 Å². The summed E-state index contributed by atoms with van der Waals surface area (Å²) in [5.74, 6) is -1.52. The maximum Gasteiger partial charge on any atom is 0.407 e. The lowest BCUT2D eigenvalue weighted by atomic mass is 9.98. The molecule has 0 radical (unpaired) electrons. The number of likely N-dealkylation sites (tertiary alicyclic amines) is 1. The second kappa shape index (κ2) is 9.70. The van der Waals surface area contributed by atoms with Crippen LogP contribution in [0.4, 0.5) is 4.79 Å². The predicted molar refractivity (Wildman–Crippen MR) is 128 cm³/mol. The number of nitrogens with one attached hydrogen (secondary N) is 1. The number of hydrogen-bond acceptors (Lipinski definition) is 5. The number of fused-ring (bicyclic) bond motifs is 4. The van der Waals surface area contributed by atoms with Crippen LogP contribution in [0.5, 0.6) is 0 Å². The van der Waals surface area contributed by atoms with Gasteiger partial charge in [-0.25, -0.2) is 9.59 Å². The van der Waals surface area contributed by atoms with Gasteiger partial charge in [0, 0.05) is 18.9 Å². The summed E-state index contributed by atoms with van der Waals surface area (Å²) in [6.07, 6.45) is 0.973. The molecule has 0 aromatic heterocycles. The van der Waals surface area contributed by atoms with Crippen LogP contribution >= 0.6 is 0 Å². The molecule has 3 aliphatic rings. The van der Waals surface area contributed by atoms with Gasteiger partial charge in [-0.3, -0.25) is 4.79 Å². The monoisotopic (exact) mass is 478 g/mol. The second-order valence-electron chi connectivity index (χ2n) is 9.41. The molecule has 0 bridgehead atoms. The van der Waals surface area contributed by atoms with Crippen LogP contribution in [-0.2, 0) is 19.1 Å². The number of rotatable bonds is 7. The van der Waals surface area contributed by atoms with E-state index in [1.807, 2.05) is 43.3 Å². The number of hydrogen-bond donors (Lipinski definition) is 2. The Balaban J connectivity index is 1.28. The van der Waals surface area contributed by atoms with Gasteiger partial charge in [-0.2, -0.15) is 0 Å². The van der Waals surface area contributed by atoms with Gasteiger partial charge in [-0.05, 0) is 35.1 Å². The van der Waals surface area contributed by atoms with Crippen LogP contribution in [0.15, 0.2) is 48.5 Å². The van der Waals surface area contributed by atoms with Crippen molar-refractivity contribution in [2.45, 2.75) is 62.8 Å². The summed E-state index contributed by atoms with van der Waals surface area (Å²) < 4.78 is 11.3. The summed E-state index contributed by atoms with van der Waals surface area (Å²) in [6, 6.07) is 14.1. The molecule has 184 valence electrons. The highest BCUT2D eigenvalue weighted by Gasteiger charge is 2.51. The highest BCUT2D eigenvalue weighted by molar-refractivity contribution is 5.90. The molecular formula is C27H30N2O6. The number of nitrogens with zero attached hydrogens (tertiary/aromatic N) is 1. The van der Waals surface area contributed by atoms with Crippen molar-refractivity contribution in [3.05, 3.63) is 59.7 Å². The van der Waals surface area contributed by atoms with E-state index in [-0.39, 0.29) is 37.0 Å². The molecule has 2 heterocycles. The van der Waals surface area contributed by atoms with Gasteiger partial charge in [0.25, 0.3) is 0 Å². The van der Waals surface area contributed by atoms with Gasteiger partial charge in [-0.1, -0.05) is 61.9 Å². The van der Waals surface area contributed by atoms with Gasteiger partial charge in [0.15, 0.2) is 0 Å². The third-order valence-corrected chi connectivity index (χ3v) is 7.37. The van der Waals surface area contributed by atoms with Gasteiger partial charge in [0.05, 0.1) is 12.1 Å². The van der Waals surface area contributed by atoms with Crippen molar-refractivity contribution < 1.29 is 29.0 Å². The van der Waals surface area contributed by atoms with E-state index in [4.69, 9.17) is 9.47 Å². The predicted octanol–water partition coefficient (Wildman–Crippen LogP) is 3.54. The van der Waals surface area contributed by atoms with Crippen LogP contribution < -0.4 is 5.32 Å². The third kappa shape index (κ3) is 4.27. The number of aliphatic carboxylic acids is 1. The summed E-state index contributed by atoms with van der Waals surface area (Å²) in [5.41, 5.74) is 4.49. The first-order valence-corrected chi connectivity index (χ1v) is 12.3. The molecule has 0 spiro atoms. The summed E-state index contributed by atoms with van der Waals surface area (Å²) in [7, 11) is 0. The number of carbonyl (C=O) groups excluding carboxylic acids is 2. The zero-order valence-electron chi connectivity index (χ0n) is 19.7. The van der Waals surface area contributed by atoms with Crippen LogP contribution in [0.2, 0.25) is 0 Å². The topological polar surface area (TPSA) is 105 Å². The Labute approximate surface area is 204 Å². The molecule has 2 saturated heterocycles. The van der Waals surface area contributed by atoms with E-state index >= 15 is 0 Å². The van der Waals surface area contributed by atoms with Crippen molar-refractivity contribution in [2.75, 3.05) is 13.2 Å². The highest BCUT2D eigenvalue weighted by atomic mass is 16.5. The lowest BCUT2D eigenvalue weighted by Gasteiger charge is -2.31. The van der Waals surface area contributed by atoms with Gasteiger partial charge in [0.2, 0.25) is 5.91 Å². The fourth-order valence-electron chi connectivity index (χ4n) is 5.79. The van der Waals surface area contributed by atoms with Crippen LogP contribution in [0.1, 0.15) is 49.7 Å². The number of carbonyl (C=O) groups is 3. The van der Waals surface area contributed by atoms with E-state index in [0.29, 0.717) is 25.9 Å². The number of benzene rings is 2. The zero-order chi connectivity index (χ0) is 24.5. The quantitative estimate of drug-likeness (QED) is 0.631. The number of carboxylic acid groups (broad SMARTS) is 1. The van der Waals surface area contributed by atoms with Crippen molar-refractivity contribution >= 4 is 18.0 Å². The standard InChI is InChI=1S/C27H30N2O6/c1-2-7-21(25(30)29-22-12-13-34-24(22)14-23(29)26(31)32)28-27(33)35-15-20-18-10-5-3-8-16(18)17-9-4-6-11-19(17)20/h3-6,8-11,20-24H,2,7,12-15H2,1H3,(H,28,33)(H,31,32)/t21-,22+,23?,24+/m1/s1. The molecule has 8 nitrogen and oxygen atoms in total. The Morgan fingerprint density at radius 2 is 1.77 bits per heavy atom. The first-order valence-electron chi connectivity index (χ1n) is 12.3. The Kier molecular flexibility index (Phi) is 6.47. The maximum absolute atomic E-state index is 13.5. The minimum atomic E-state index is -1.05. The Bertz CT molecular complexity index is 1090. The Morgan fingerprint density at radius 3 is 2.40 bits per heavy atom. The normalized spacial score (nSPS) is 23.3. The van der Waals surface area contributed by atoms with Crippen LogP contribution in [0.25, 0.3) is 11.1 Å². The number of ether oxygens (including phenoxy) is 2. The van der Waals surface area contributed by atoms with Crippen LogP contribution in [-0.4, -0.2) is 65.4 Å². The average Bonchev–Trinajstić information content (AvgIpc) is 3.54. The zero-order valence-corrected chi connectivity index (χ0v) is 19.7. The van der Waals surface area contributed by atoms with Crippen molar-refractivity contribution in [2.24, 2.45) is 0 Å². The fourth-order valence-corrected chi connectivity index (χ4v) is 5.79. The minimum Gasteiger partial charge on any atom is -0.480 e. The lowest BCUT2D eigenvalue weighted by molar-refractivity contribution is -0.150. The third-order valence-electron chi connectivity index (χ3n) is 7.37. The molecule has 4 atom stereocenters. The Morgan fingerprint density at radius 1 is 1.11 bits per heavy atom. The molecule has 1 unspecified atom stereocenters. The fraction of sp³-hybridized carbons (Fsp3) is 0.444. The van der Waals surface area contributed by atoms with Crippen molar-refractivity contribution in [3.63, 3.8) is 0 Å². The van der Waals surface area contributed by atoms with E-state index < -0.39 is 24.1 Å². The van der Waals surface area contributed by atoms with E-state index in [2.05, 4.69) is 17.4 Å². The highest BCUT2D eigenvalue weighted by Crippen LogP contribution is 2.44. The summed E-state index contributed by atoms with van der Waals surface area (Å²) >= 11 is 0. The summed E-state index contributed by atoms with van der Waals surface area (Å²) in [5, 5.41) is 12.4. The summed E-state index contributed by atoms with van der Waals surface area (Å²) in [6.45, 7) is 2.57. The van der Waals surface area contributed by atoms with Crippen LogP contribution in [0, 0.1) is 0 Å². The van der Waals surface area contributed by atoms with Crippen molar-refractivity contribution in [1.29, 1.82) is 0 Å².